The summed E-state index contributed by atoms with van der Waals surface area (Å²) in [7, 11) is 6.33. The number of hydrogen-bond acceptors (Lipinski definition) is 7. The summed E-state index contributed by atoms with van der Waals surface area (Å²) < 4.78 is 21.3. The van der Waals surface area contributed by atoms with E-state index in [2.05, 4.69) is 5.10 Å². The predicted octanol–water partition coefficient (Wildman–Crippen LogP) is 2.89. The van der Waals surface area contributed by atoms with Crippen molar-refractivity contribution >= 4 is 17.5 Å². The van der Waals surface area contributed by atoms with Gasteiger partial charge in [0.25, 0.3) is 5.91 Å². The molecule has 0 aliphatic carbocycles. The van der Waals surface area contributed by atoms with Gasteiger partial charge in [0, 0.05) is 32.6 Å². The molecule has 1 aliphatic heterocycles. The zero-order valence-corrected chi connectivity index (χ0v) is 20.2. The van der Waals surface area contributed by atoms with Gasteiger partial charge >= 0.3 is 0 Å². The van der Waals surface area contributed by atoms with E-state index in [1.165, 1.54) is 16.8 Å². The summed E-state index contributed by atoms with van der Waals surface area (Å²) in [6.07, 6.45) is 0.472. The number of hydrogen-bond donors (Lipinski definition) is 0. The molecule has 0 N–H and O–H groups in total. The third kappa shape index (κ3) is 5.66. The SMILES string of the molecule is COCCN(CC(=O)N1N=C(c2ccc(OC)cc2)C[C@@H]1c1cc(OC)ccc1OC)C(C)=O. The van der Waals surface area contributed by atoms with Crippen molar-refractivity contribution in [3.8, 4) is 17.2 Å². The largest absolute Gasteiger partial charge is 0.497 e. The number of benzene rings is 2. The molecule has 2 amide bonds. The van der Waals surface area contributed by atoms with Crippen molar-refractivity contribution < 1.29 is 28.5 Å². The standard InChI is InChI=1S/C25H31N3O6/c1-17(29)27(12-13-31-2)16-25(30)28-23(21-14-20(33-4)10-11-24(21)34-5)15-22(26-28)18-6-8-19(32-3)9-7-18/h6-11,14,23H,12-13,15-16H2,1-5H3/t23-/m1/s1. The summed E-state index contributed by atoms with van der Waals surface area (Å²) in [4.78, 5) is 27.0. The molecule has 182 valence electrons. The van der Waals surface area contributed by atoms with Crippen LogP contribution < -0.4 is 14.2 Å². The van der Waals surface area contributed by atoms with Gasteiger partial charge in [0.15, 0.2) is 0 Å². The summed E-state index contributed by atoms with van der Waals surface area (Å²) in [5.74, 6) is 1.49. The summed E-state index contributed by atoms with van der Waals surface area (Å²) in [6.45, 7) is 1.97. The van der Waals surface area contributed by atoms with Crippen LogP contribution in [0.25, 0.3) is 0 Å². The van der Waals surface area contributed by atoms with Crippen LogP contribution in [0.3, 0.4) is 0 Å². The Labute approximate surface area is 199 Å². The summed E-state index contributed by atoms with van der Waals surface area (Å²) in [5.41, 5.74) is 2.40. The Balaban J connectivity index is 1.98. The molecule has 0 fully saturated rings. The maximum atomic E-state index is 13.4. The first-order chi connectivity index (χ1) is 16.4. The maximum Gasteiger partial charge on any atom is 0.262 e. The van der Waals surface area contributed by atoms with E-state index in [1.54, 1.807) is 34.5 Å². The van der Waals surface area contributed by atoms with E-state index in [1.807, 2.05) is 36.4 Å². The molecule has 3 rings (SSSR count). The summed E-state index contributed by atoms with van der Waals surface area (Å²) in [5, 5.41) is 6.13. The Morgan fingerprint density at radius 2 is 1.68 bits per heavy atom. The molecule has 34 heavy (non-hydrogen) atoms. The van der Waals surface area contributed by atoms with Gasteiger partial charge in [-0.1, -0.05) is 0 Å². The van der Waals surface area contributed by atoms with Crippen LogP contribution in [0.15, 0.2) is 47.6 Å². The lowest BCUT2D eigenvalue weighted by Crippen LogP contribution is -2.41. The van der Waals surface area contributed by atoms with Gasteiger partial charge in [-0.25, -0.2) is 5.01 Å². The number of carbonyl (C=O) groups is 2. The lowest BCUT2D eigenvalue weighted by molar-refractivity contribution is -0.141. The minimum atomic E-state index is -0.425. The van der Waals surface area contributed by atoms with E-state index < -0.39 is 6.04 Å². The van der Waals surface area contributed by atoms with Crippen molar-refractivity contribution in [2.75, 3.05) is 48.1 Å². The molecule has 9 nitrogen and oxygen atoms in total. The van der Waals surface area contributed by atoms with E-state index in [9.17, 15) is 9.59 Å². The predicted molar refractivity (Wildman–Crippen MR) is 127 cm³/mol. The van der Waals surface area contributed by atoms with Gasteiger partial charge in [-0.05, 0) is 48.0 Å². The monoisotopic (exact) mass is 469 g/mol. The van der Waals surface area contributed by atoms with E-state index in [0.29, 0.717) is 31.1 Å². The van der Waals surface area contributed by atoms with Crippen LogP contribution in [-0.2, 0) is 14.3 Å². The molecule has 9 heteroatoms. The van der Waals surface area contributed by atoms with Gasteiger partial charge in [0.1, 0.15) is 23.8 Å². The minimum Gasteiger partial charge on any atom is -0.497 e. The molecule has 0 bridgehead atoms. The number of hydrazone groups is 1. The van der Waals surface area contributed by atoms with Crippen molar-refractivity contribution in [1.82, 2.24) is 9.91 Å². The number of carbonyl (C=O) groups excluding carboxylic acids is 2. The topological polar surface area (TPSA) is 89.9 Å². The molecular formula is C25H31N3O6. The lowest BCUT2D eigenvalue weighted by atomic mass is 9.97. The van der Waals surface area contributed by atoms with E-state index in [-0.39, 0.29) is 18.4 Å². The van der Waals surface area contributed by atoms with Crippen LogP contribution in [0.5, 0.6) is 17.2 Å². The molecule has 0 saturated carbocycles. The second-order valence-electron chi connectivity index (χ2n) is 7.77. The maximum absolute atomic E-state index is 13.4. The Hall–Kier alpha value is -3.59. The van der Waals surface area contributed by atoms with Crippen molar-refractivity contribution in [3.05, 3.63) is 53.6 Å². The van der Waals surface area contributed by atoms with Crippen LogP contribution in [0.2, 0.25) is 0 Å². The first-order valence-electron chi connectivity index (χ1n) is 10.9. The third-order valence-electron chi connectivity index (χ3n) is 5.72. The fourth-order valence-electron chi connectivity index (χ4n) is 3.83. The molecular weight excluding hydrogens is 438 g/mol. The molecule has 2 aromatic rings. The van der Waals surface area contributed by atoms with Gasteiger partial charge < -0.3 is 23.8 Å². The van der Waals surface area contributed by atoms with Gasteiger partial charge in [-0.3, -0.25) is 9.59 Å². The molecule has 1 atom stereocenters. The highest BCUT2D eigenvalue weighted by Gasteiger charge is 2.36. The van der Waals surface area contributed by atoms with Crippen molar-refractivity contribution in [1.29, 1.82) is 0 Å². The molecule has 0 aromatic heterocycles. The summed E-state index contributed by atoms with van der Waals surface area (Å²) in [6, 6.07) is 12.6. The normalized spacial score (nSPS) is 15.0. The smallest absolute Gasteiger partial charge is 0.262 e. The van der Waals surface area contributed by atoms with E-state index >= 15 is 0 Å². The Kier molecular flexibility index (Phi) is 8.48. The van der Waals surface area contributed by atoms with Crippen LogP contribution in [0, 0.1) is 0 Å². The number of amides is 2. The molecule has 1 heterocycles. The second-order valence-corrected chi connectivity index (χ2v) is 7.77. The van der Waals surface area contributed by atoms with Crippen molar-refractivity contribution in [3.63, 3.8) is 0 Å². The average molecular weight is 470 g/mol. The third-order valence-corrected chi connectivity index (χ3v) is 5.72. The fourth-order valence-corrected chi connectivity index (χ4v) is 3.83. The van der Waals surface area contributed by atoms with Crippen LogP contribution in [0.1, 0.15) is 30.5 Å². The number of nitrogens with zero attached hydrogens (tertiary/aromatic N) is 3. The second kappa shape index (κ2) is 11.5. The van der Waals surface area contributed by atoms with Gasteiger partial charge in [0.2, 0.25) is 5.91 Å². The fraction of sp³-hybridized carbons (Fsp3) is 0.400. The quantitative estimate of drug-likeness (QED) is 0.532. The molecule has 0 saturated heterocycles. The highest BCUT2D eigenvalue weighted by Crippen LogP contribution is 2.39. The highest BCUT2D eigenvalue weighted by atomic mass is 16.5. The van der Waals surface area contributed by atoms with Crippen LogP contribution in [0.4, 0.5) is 0 Å². The lowest BCUT2D eigenvalue weighted by Gasteiger charge is -2.27. The van der Waals surface area contributed by atoms with E-state index in [0.717, 1.165) is 22.6 Å². The zero-order valence-electron chi connectivity index (χ0n) is 20.2. The van der Waals surface area contributed by atoms with E-state index in [4.69, 9.17) is 18.9 Å². The number of ether oxygens (including phenoxy) is 4. The first kappa shape index (κ1) is 25.0. The molecule has 1 aliphatic rings. The van der Waals surface area contributed by atoms with Gasteiger partial charge in [-0.15, -0.1) is 0 Å². The Bertz CT molecular complexity index is 1040. The molecule has 2 aromatic carbocycles. The number of methoxy groups -OCH3 is 4. The molecule has 0 spiro atoms. The molecule has 0 radical (unpaired) electrons. The zero-order chi connectivity index (χ0) is 24.7. The van der Waals surface area contributed by atoms with Gasteiger partial charge in [0.05, 0.1) is 39.7 Å². The van der Waals surface area contributed by atoms with Crippen molar-refractivity contribution in [2.45, 2.75) is 19.4 Å². The Morgan fingerprint density at radius 3 is 2.26 bits per heavy atom. The molecule has 0 unspecified atom stereocenters. The average Bonchev–Trinajstić information content (AvgIpc) is 3.31. The van der Waals surface area contributed by atoms with Gasteiger partial charge in [-0.2, -0.15) is 5.10 Å². The minimum absolute atomic E-state index is 0.110. The summed E-state index contributed by atoms with van der Waals surface area (Å²) >= 11 is 0. The van der Waals surface area contributed by atoms with Crippen molar-refractivity contribution in [2.24, 2.45) is 5.10 Å². The van der Waals surface area contributed by atoms with Crippen LogP contribution >= 0.6 is 0 Å². The van der Waals surface area contributed by atoms with Crippen LogP contribution in [-0.4, -0.2) is 75.6 Å². The highest BCUT2D eigenvalue weighted by molar-refractivity contribution is 6.03. The Morgan fingerprint density at radius 1 is 1.00 bits per heavy atom. The first-order valence-corrected chi connectivity index (χ1v) is 10.9. The number of rotatable bonds is 10.